The Bertz CT molecular complexity index is 1950. The largest absolute Gasteiger partial charge is 0.490 e. The molecule has 256 valence electrons. The van der Waals surface area contributed by atoms with E-state index in [2.05, 4.69) is 46.6 Å². The molecule has 1 aliphatic carbocycles. The van der Waals surface area contributed by atoms with Gasteiger partial charge in [0.1, 0.15) is 23.6 Å². The molecule has 2 aliphatic heterocycles. The van der Waals surface area contributed by atoms with Gasteiger partial charge in [0.2, 0.25) is 17.7 Å². The van der Waals surface area contributed by atoms with Crippen LogP contribution in [0.4, 0.5) is 5.69 Å². The summed E-state index contributed by atoms with van der Waals surface area (Å²) in [5.41, 5.74) is 3.67. The third kappa shape index (κ3) is 6.41. The number of nitrogens with zero attached hydrogens (tertiary/aromatic N) is 3. The van der Waals surface area contributed by atoms with Gasteiger partial charge in [-0.05, 0) is 66.9 Å². The number of aromatic nitrogens is 2. The summed E-state index contributed by atoms with van der Waals surface area (Å²) in [5.74, 6) is -0.303. The van der Waals surface area contributed by atoms with Gasteiger partial charge in [-0.25, -0.2) is 4.98 Å². The molecular formula is C38H37N5O7. The van der Waals surface area contributed by atoms with E-state index >= 15 is 0 Å². The Hall–Kier alpha value is -5.62. The second kappa shape index (κ2) is 13.0. The first-order valence-corrected chi connectivity index (χ1v) is 16.6. The highest BCUT2D eigenvalue weighted by Gasteiger charge is 2.44. The van der Waals surface area contributed by atoms with Gasteiger partial charge in [0.15, 0.2) is 0 Å². The Morgan fingerprint density at radius 1 is 0.880 bits per heavy atom. The second-order valence-corrected chi connectivity index (χ2v) is 13.5. The van der Waals surface area contributed by atoms with Crippen molar-refractivity contribution in [3.63, 3.8) is 0 Å². The molecule has 50 heavy (non-hydrogen) atoms. The van der Waals surface area contributed by atoms with Crippen molar-refractivity contribution in [1.29, 1.82) is 0 Å². The Morgan fingerprint density at radius 2 is 1.54 bits per heavy atom. The molecule has 0 bridgehead atoms. The molecule has 3 heterocycles. The summed E-state index contributed by atoms with van der Waals surface area (Å²) in [6.07, 6.45) is 4.07. The van der Waals surface area contributed by atoms with E-state index in [4.69, 9.17) is 9.47 Å². The van der Waals surface area contributed by atoms with E-state index in [0.29, 0.717) is 23.0 Å². The lowest BCUT2D eigenvalue weighted by atomic mass is 9.78. The lowest BCUT2D eigenvalue weighted by molar-refractivity contribution is -0.136. The number of aliphatic hydroxyl groups excluding tert-OH is 1. The van der Waals surface area contributed by atoms with Crippen LogP contribution < -0.4 is 20.1 Å². The van der Waals surface area contributed by atoms with Crippen molar-refractivity contribution in [2.75, 3.05) is 5.32 Å². The van der Waals surface area contributed by atoms with E-state index in [1.165, 1.54) is 12.4 Å². The molecule has 3 aromatic carbocycles. The molecule has 1 saturated carbocycles. The maximum atomic E-state index is 13.2. The molecule has 2 fully saturated rings. The van der Waals surface area contributed by atoms with Crippen molar-refractivity contribution in [2.45, 2.75) is 76.2 Å². The molecule has 12 heteroatoms. The average molecular weight is 676 g/mol. The van der Waals surface area contributed by atoms with Crippen LogP contribution in [0.25, 0.3) is 0 Å². The minimum atomic E-state index is -0.989. The number of aliphatic hydroxyl groups is 1. The average Bonchev–Trinajstić information content (AvgIpc) is 3.32. The van der Waals surface area contributed by atoms with Gasteiger partial charge < -0.3 is 19.9 Å². The maximum Gasteiger partial charge on any atom is 0.262 e. The summed E-state index contributed by atoms with van der Waals surface area (Å²) in [6, 6.07) is 20.2. The summed E-state index contributed by atoms with van der Waals surface area (Å²) in [6.45, 7) is 5.96. The molecule has 0 radical (unpaired) electrons. The summed E-state index contributed by atoms with van der Waals surface area (Å²) in [7, 11) is 0. The first-order chi connectivity index (χ1) is 24.0. The first-order valence-electron chi connectivity index (χ1n) is 16.6. The first kappa shape index (κ1) is 32.9. The van der Waals surface area contributed by atoms with E-state index in [1.54, 1.807) is 25.1 Å². The number of ether oxygens (including phenoxy) is 2. The Kier molecular flexibility index (Phi) is 8.56. The van der Waals surface area contributed by atoms with Crippen LogP contribution in [0.2, 0.25) is 0 Å². The predicted molar refractivity (Wildman–Crippen MR) is 182 cm³/mol. The smallest absolute Gasteiger partial charge is 0.262 e. The molecule has 3 aliphatic rings. The molecule has 2 atom stereocenters. The van der Waals surface area contributed by atoms with Crippen LogP contribution in [0.5, 0.6) is 17.4 Å². The lowest BCUT2D eigenvalue weighted by Crippen LogP contribution is -2.54. The van der Waals surface area contributed by atoms with E-state index in [0.717, 1.165) is 34.6 Å². The van der Waals surface area contributed by atoms with Gasteiger partial charge >= 0.3 is 0 Å². The lowest BCUT2D eigenvalue weighted by Gasteiger charge is -2.36. The summed E-state index contributed by atoms with van der Waals surface area (Å²) >= 11 is 0. The fourth-order valence-corrected chi connectivity index (χ4v) is 6.54. The standard InChI is InChI=1S/C38H37N5O7/c1-21(44)31-19-40-34(20-39-31)50-27-11-6-23(7-12-27)38(2,3)22-4-9-26(10-5-22)49-28-16-25(17-28)41-24-8-13-29-30(18-24)37(48)43(36(29)47)32-14-15-33(45)42-35(32)46/h4-13,18-21,25,28,32,41,44H,14-17H2,1-3H3,(H,42,45,46)/t21?,25-,28+,32?. The Balaban J connectivity index is 0.910. The minimum absolute atomic E-state index is 0.0347. The van der Waals surface area contributed by atoms with Crippen LogP contribution in [0.15, 0.2) is 79.1 Å². The van der Waals surface area contributed by atoms with Crippen molar-refractivity contribution in [3.8, 4) is 17.4 Å². The number of rotatable bonds is 10. The topological polar surface area (TPSA) is 160 Å². The highest BCUT2D eigenvalue weighted by atomic mass is 16.5. The number of hydrogen-bond acceptors (Lipinski definition) is 10. The number of carbonyl (C=O) groups is 4. The van der Waals surface area contributed by atoms with E-state index < -0.39 is 35.8 Å². The number of benzene rings is 3. The fourth-order valence-electron chi connectivity index (χ4n) is 6.54. The number of imide groups is 2. The van der Waals surface area contributed by atoms with Crippen LogP contribution in [-0.2, 0) is 15.0 Å². The van der Waals surface area contributed by atoms with E-state index in [-0.39, 0.29) is 41.5 Å². The SMILES string of the molecule is CC(O)c1cnc(Oc2ccc(C(C)(C)c3ccc(O[C@H]4C[C@@H](Nc5ccc6c(c5)C(=O)N(C5CCC(=O)NC5=O)C6=O)C4)cc3)cc2)cn1. The molecule has 4 aromatic rings. The molecule has 0 spiro atoms. The number of hydrogen-bond donors (Lipinski definition) is 3. The zero-order valence-corrected chi connectivity index (χ0v) is 27.9. The summed E-state index contributed by atoms with van der Waals surface area (Å²) in [5, 5.41) is 15.3. The van der Waals surface area contributed by atoms with Crippen LogP contribution in [0, 0.1) is 0 Å². The molecular weight excluding hydrogens is 638 g/mol. The van der Waals surface area contributed by atoms with Crippen LogP contribution in [0.1, 0.15) is 90.1 Å². The zero-order chi connectivity index (χ0) is 35.2. The highest BCUT2D eigenvalue weighted by molar-refractivity contribution is 6.23. The minimum Gasteiger partial charge on any atom is -0.490 e. The van der Waals surface area contributed by atoms with Crippen molar-refractivity contribution in [3.05, 3.63) is 107 Å². The number of nitrogens with one attached hydrogen (secondary N) is 2. The molecule has 12 nitrogen and oxygen atoms in total. The van der Waals surface area contributed by atoms with Gasteiger partial charge in [0.25, 0.3) is 11.8 Å². The van der Waals surface area contributed by atoms with Gasteiger partial charge in [-0.2, -0.15) is 0 Å². The third-order valence-corrected chi connectivity index (χ3v) is 9.66. The van der Waals surface area contributed by atoms with Crippen LogP contribution in [0.3, 0.4) is 0 Å². The Labute approximate surface area is 288 Å². The molecule has 1 aromatic heterocycles. The normalized spacial score (nSPS) is 20.9. The quantitative estimate of drug-likeness (QED) is 0.194. The van der Waals surface area contributed by atoms with Crippen LogP contribution in [-0.4, -0.2) is 61.8 Å². The molecule has 3 N–H and O–H groups in total. The summed E-state index contributed by atoms with van der Waals surface area (Å²) < 4.78 is 12.1. The number of carbonyl (C=O) groups excluding carboxylic acids is 4. The van der Waals surface area contributed by atoms with Crippen LogP contribution >= 0.6 is 0 Å². The third-order valence-electron chi connectivity index (χ3n) is 9.66. The number of amides is 4. The summed E-state index contributed by atoms with van der Waals surface area (Å²) in [4.78, 5) is 59.4. The van der Waals surface area contributed by atoms with Gasteiger partial charge in [-0.1, -0.05) is 38.1 Å². The molecule has 4 amide bonds. The second-order valence-electron chi connectivity index (χ2n) is 13.5. The number of piperidine rings is 1. The predicted octanol–water partition coefficient (Wildman–Crippen LogP) is 5.07. The number of anilines is 1. The van der Waals surface area contributed by atoms with Crippen molar-refractivity contribution in [1.82, 2.24) is 20.2 Å². The van der Waals surface area contributed by atoms with Gasteiger partial charge in [-0.3, -0.25) is 34.4 Å². The molecule has 2 unspecified atom stereocenters. The van der Waals surface area contributed by atoms with E-state index in [9.17, 15) is 24.3 Å². The van der Waals surface area contributed by atoms with Gasteiger partial charge in [-0.15, -0.1) is 0 Å². The monoisotopic (exact) mass is 675 g/mol. The maximum absolute atomic E-state index is 13.2. The van der Waals surface area contributed by atoms with Crippen molar-refractivity contribution >= 4 is 29.3 Å². The highest BCUT2D eigenvalue weighted by Crippen LogP contribution is 2.36. The zero-order valence-electron chi connectivity index (χ0n) is 27.9. The fraction of sp³-hybridized carbons (Fsp3) is 0.316. The molecule has 1 saturated heterocycles. The van der Waals surface area contributed by atoms with Crippen molar-refractivity contribution < 1.29 is 33.8 Å². The number of fused-ring (bicyclic) bond motifs is 1. The Morgan fingerprint density at radius 3 is 2.16 bits per heavy atom. The van der Waals surface area contributed by atoms with Gasteiger partial charge in [0.05, 0.1) is 35.3 Å². The molecule has 7 rings (SSSR count). The van der Waals surface area contributed by atoms with Gasteiger partial charge in [0, 0.05) is 36.4 Å². The van der Waals surface area contributed by atoms with Crippen molar-refractivity contribution in [2.24, 2.45) is 0 Å². The van der Waals surface area contributed by atoms with E-state index in [1.807, 2.05) is 36.4 Å².